The van der Waals surface area contributed by atoms with E-state index in [2.05, 4.69) is 5.73 Å². The average molecular weight is 276 g/mol. The van der Waals surface area contributed by atoms with Crippen LogP contribution in [0.25, 0.3) is 0 Å². The first kappa shape index (κ1) is 16.5. The number of rotatable bonds is 6. The van der Waals surface area contributed by atoms with Crippen LogP contribution in [0.3, 0.4) is 0 Å². The van der Waals surface area contributed by atoms with Crippen molar-refractivity contribution in [2.45, 2.75) is 45.8 Å². The van der Waals surface area contributed by atoms with Gasteiger partial charge in [0, 0.05) is 18.4 Å². The van der Waals surface area contributed by atoms with E-state index in [0.29, 0.717) is 18.4 Å². The van der Waals surface area contributed by atoms with Gasteiger partial charge >= 0.3 is 0 Å². The number of hydrogen-bond acceptors (Lipinski definition) is 3. The van der Waals surface area contributed by atoms with Gasteiger partial charge in [0.05, 0.1) is 12.2 Å². The van der Waals surface area contributed by atoms with E-state index >= 15 is 0 Å². The van der Waals surface area contributed by atoms with E-state index in [4.69, 9.17) is 0 Å². The lowest BCUT2D eigenvalue weighted by Crippen LogP contribution is -2.14. The van der Waals surface area contributed by atoms with Gasteiger partial charge in [-0.15, -0.1) is 5.73 Å². The summed E-state index contributed by atoms with van der Waals surface area (Å²) in [4.78, 5) is 0. The fourth-order valence-corrected chi connectivity index (χ4v) is 1.85. The van der Waals surface area contributed by atoms with Crippen LogP contribution in [0.2, 0.25) is 0 Å². The Hall–Kier alpha value is -1.54. The molecule has 1 rings (SSSR count). The Bertz CT molecular complexity index is 485. The number of aromatic hydroxyl groups is 1. The predicted octanol–water partition coefficient (Wildman–Crippen LogP) is 3.32. The maximum Gasteiger partial charge on any atom is 0.121 e. The third-order valence-electron chi connectivity index (χ3n) is 3.27. The SMILES string of the molecule is CC(=C=CC[C@@H](O)c1ccccc1O)C[C@@H](O)C(C)C. The van der Waals surface area contributed by atoms with Gasteiger partial charge in [-0.2, -0.15) is 0 Å². The summed E-state index contributed by atoms with van der Waals surface area (Å²) in [5.41, 5.74) is 4.55. The Morgan fingerprint density at radius 3 is 2.50 bits per heavy atom. The molecule has 0 bridgehead atoms. The van der Waals surface area contributed by atoms with Crippen LogP contribution in [-0.2, 0) is 0 Å². The number of aliphatic hydroxyl groups excluding tert-OH is 2. The molecule has 0 aromatic heterocycles. The van der Waals surface area contributed by atoms with Crippen molar-refractivity contribution in [1.82, 2.24) is 0 Å². The van der Waals surface area contributed by atoms with Gasteiger partial charge in [-0.05, 0) is 30.6 Å². The standard InChI is InChI=1S/C17H24O3/c1-12(2)17(20)11-13(3)7-6-10-16(19)14-8-4-5-9-15(14)18/h4-6,8-9,12,16-20H,10-11H2,1-3H3/t7?,16-,17-/m1/s1. The fraction of sp³-hybridized carbons (Fsp3) is 0.471. The lowest BCUT2D eigenvalue weighted by Gasteiger charge is -2.13. The van der Waals surface area contributed by atoms with Gasteiger partial charge in [-0.25, -0.2) is 0 Å². The number of phenols is 1. The minimum atomic E-state index is -0.744. The summed E-state index contributed by atoms with van der Waals surface area (Å²) in [5, 5.41) is 29.4. The summed E-state index contributed by atoms with van der Waals surface area (Å²) >= 11 is 0. The van der Waals surface area contributed by atoms with Crippen LogP contribution in [0.5, 0.6) is 5.75 Å². The number of phenolic OH excluding ortho intramolecular Hbond substituents is 1. The highest BCUT2D eigenvalue weighted by atomic mass is 16.3. The second kappa shape index (κ2) is 7.91. The summed E-state index contributed by atoms with van der Waals surface area (Å²) in [6.07, 6.45) is 1.61. The molecule has 0 spiro atoms. The Morgan fingerprint density at radius 1 is 1.25 bits per heavy atom. The first-order valence-electron chi connectivity index (χ1n) is 6.96. The molecule has 0 aliphatic rings. The van der Waals surface area contributed by atoms with E-state index in [1.807, 2.05) is 20.8 Å². The van der Waals surface area contributed by atoms with Crippen molar-refractivity contribution in [3.63, 3.8) is 0 Å². The molecule has 0 unspecified atom stereocenters. The van der Waals surface area contributed by atoms with E-state index in [1.54, 1.807) is 30.3 Å². The maximum absolute atomic E-state index is 9.99. The normalized spacial score (nSPS) is 13.7. The average Bonchev–Trinajstić information content (AvgIpc) is 2.38. The Labute approximate surface area is 120 Å². The zero-order valence-corrected chi connectivity index (χ0v) is 12.4. The van der Waals surface area contributed by atoms with E-state index in [-0.39, 0.29) is 17.8 Å². The Kier molecular flexibility index (Phi) is 6.53. The molecule has 3 nitrogen and oxygen atoms in total. The Morgan fingerprint density at radius 2 is 1.90 bits per heavy atom. The monoisotopic (exact) mass is 276 g/mol. The summed E-state index contributed by atoms with van der Waals surface area (Å²) in [6.45, 7) is 5.86. The highest BCUT2D eigenvalue weighted by Gasteiger charge is 2.10. The second-order valence-electron chi connectivity index (χ2n) is 5.45. The molecule has 3 heteroatoms. The van der Waals surface area contributed by atoms with Gasteiger partial charge in [0.2, 0.25) is 0 Å². The molecule has 1 aromatic carbocycles. The van der Waals surface area contributed by atoms with Crippen molar-refractivity contribution < 1.29 is 15.3 Å². The second-order valence-corrected chi connectivity index (χ2v) is 5.45. The minimum absolute atomic E-state index is 0.101. The summed E-state index contributed by atoms with van der Waals surface area (Å²) in [6, 6.07) is 6.76. The van der Waals surface area contributed by atoms with Gasteiger partial charge in [-0.1, -0.05) is 32.0 Å². The zero-order chi connectivity index (χ0) is 15.1. The molecule has 3 N–H and O–H groups in total. The lowest BCUT2D eigenvalue weighted by molar-refractivity contribution is 0.125. The van der Waals surface area contributed by atoms with E-state index < -0.39 is 6.10 Å². The highest BCUT2D eigenvalue weighted by molar-refractivity contribution is 5.33. The molecule has 110 valence electrons. The fourth-order valence-electron chi connectivity index (χ4n) is 1.85. The zero-order valence-electron chi connectivity index (χ0n) is 12.4. The number of para-hydroxylation sites is 1. The number of aliphatic hydroxyl groups is 2. The first-order chi connectivity index (χ1) is 9.41. The molecule has 2 atom stereocenters. The first-order valence-corrected chi connectivity index (χ1v) is 6.96. The topological polar surface area (TPSA) is 60.7 Å². The molecule has 0 amide bonds. The maximum atomic E-state index is 9.99. The predicted molar refractivity (Wildman–Crippen MR) is 80.4 cm³/mol. The molecule has 20 heavy (non-hydrogen) atoms. The summed E-state index contributed by atoms with van der Waals surface area (Å²) in [7, 11) is 0. The molecule has 0 heterocycles. The van der Waals surface area contributed by atoms with E-state index in [1.165, 1.54) is 0 Å². The molecular formula is C17H24O3. The number of hydrogen-bond donors (Lipinski definition) is 3. The molecular weight excluding hydrogens is 252 g/mol. The van der Waals surface area contributed by atoms with Gasteiger partial charge < -0.3 is 15.3 Å². The van der Waals surface area contributed by atoms with Crippen molar-refractivity contribution in [2.24, 2.45) is 5.92 Å². The summed E-state index contributed by atoms with van der Waals surface area (Å²) < 4.78 is 0. The van der Waals surface area contributed by atoms with Crippen molar-refractivity contribution in [3.8, 4) is 5.75 Å². The van der Waals surface area contributed by atoms with Crippen molar-refractivity contribution in [3.05, 3.63) is 47.2 Å². The highest BCUT2D eigenvalue weighted by Crippen LogP contribution is 2.25. The van der Waals surface area contributed by atoms with Crippen LogP contribution >= 0.6 is 0 Å². The molecule has 0 aliphatic heterocycles. The largest absolute Gasteiger partial charge is 0.508 e. The molecule has 1 aromatic rings. The van der Waals surface area contributed by atoms with E-state index in [9.17, 15) is 15.3 Å². The van der Waals surface area contributed by atoms with Gasteiger partial charge in [0.15, 0.2) is 0 Å². The van der Waals surface area contributed by atoms with E-state index in [0.717, 1.165) is 5.57 Å². The van der Waals surface area contributed by atoms with Crippen molar-refractivity contribution in [1.29, 1.82) is 0 Å². The van der Waals surface area contributed by atoms with Crippen LogP contribution in [0.4, 0.5) is 0 Å². The Balaban J connectivity index is 2.61. The van der Waals surface area contributed by atoms with Gasteiger partial charge in [0.25, 0.3) is 0 Å². The summed E-state index contributed by atoms with van der Waals surface area (Å²) in [5.74, 6) is 0.322. The van der Waals surface area contributed by atoms with Crippen LogP contribution in [0, 0.1) is 5.92 Å². The van der Waals surface area contributed by atoms with Crippen LogP contribution in [-0.4, -0.2) is 21.4 Å². The molecule has 0 fully saturated rings. The molecule has 0 saturated carbocycles. The molecule has 0 radical (unpaired) electrons. The third-order valence-corrected chi connectivity index (χ3v) is 3.27. The van der Waals surface area contributed by atoms with Crippen LogP contribution < -0.4 is 0 Å². The number of benzene rings is 1. The lowest BCUT2D eigenvalue weighted by atomic mass is 10.0. The third kappa shape index (κ3) is 5.22. The van der Waals surface area contributed by atoms with Crippen LogP contribution in [0.15, 0.2) is 41.6 Å². The van der Waals surface area contributed by atoms with Gasteiger partial charge in [0.1, 0.15) is 5.75 Å². The van der Waals surface area contributed by atoms with Crippen LogP contribution in [0.1, 0.15) is 45.3 Å². The minimum Gasteiger partial charge on any atom is -0.508 e. The smallest absolute Gasteiger partial charge is 0.121 e. The van der Waals surface area contributed by atoms with Crippen molar-refractivity contribution in [2.75, 3.05) is 0 Å². The van der Waals surface area contributed by atoms with Gasteiger partial charge in [-0.3, -0.25) is 0 Å². The molecule has 0 saturated heterocycles. The van der Waals surface area contributed by atoms with Crippen molar-refractivity contribution >= 4 is 0 Å². The quantitative estimate of drug-likeness (QED) is 0.698. The molecule has 0 aliphatic carbocycles.